The van der Waals surface area contributed by atoms with Crippen molar-refractivity contribution in [2.75, 3.05) is 0 Å². The van der Waals surface area contributed by atoms with E-state index < -0.39 is 0 Å². The van der Waals surface area contributed by atoms with Gasteiger partial charge in [0.1, 0.15) is 0 Å². The molecule has 0 bridgehead atoms. The summed E-state index contributed by atoms with van der Waals surface area (Å²) in [5.74, 6) is 0. The average molecular weight is 419 g/mol. The van der Waals surface area contributed by atoms with Crippen molar-refractivity contribution in [1.82, 2.24) is 0 Å². The fourth-order valence-corrected chi connectivity index (χ4v) is 4.70. The van der Waals surface area contributed by atoms with Gasteiger partial charge in [0.05, 0.1) is 11.2 Å². The van der Waals surface area contributed by atoms with Crippen LogP contribution in [0.3, 0.4) is 0 Å². The van der Waals surface area contributed by atoms with Crippen molar-refractivity contribution in [2.45, 2.75) is 89.3 Å². The molecule has 0 N–H and O–H groups in total. The molecule has 0 heterocycles. The lowest BCUT2D eigenvalue weighted by Crippen LogP contribution is -2.47. The Morgan fingerprint density at radius 1 is 0.677 bits per heavy atom. The third kappa shape index (κ3) is 8.15. The first-order valence-electron chi connectivity index (χ1n) is 12.1. The summed E-state index contributed by atoms with van der Waals surface area (Å²) >= 11 is 0. The second-order valence-corrected chi connectivity index (χ2v) is 8.99. The first-order valence-corrected chi connectivity index (χ1v) is 12.1. The minimum atomic E-state index is -0.245. The van der Waals surface area contributed by atoms with Gasteiger partial charge >= 0.3 is 0 Å². The van der Waals surface area contributed by atoms with Crippen molar-refractivity contribution in [1.29, 1.82) is 0 Å². The van der Waals surface area contributed by atoms with E-state index in [1.807, 2.05) is 0 Å². The highest BCUT2D eigenvalue weighted by Crippen LogP contribution is 2.39. The Hall–Kier alpha value is -2.12. The molecule has 0 radical (unpaired) electrons. The quantitative estimate of drug-likeness (QED) is 0.248. The van der Waals surface area contributed by atoms with Gasteiger partial charge in [0.25, 0.3) is 0 Å². The van der Waals surface area contributed by atoms with E-state index in [0.717, 1.165) is 51.4 Å². The maximum absolute atomic E-state index is 7.38. The van der Waals surface area contributed by atoms with Gasteiger partial charge in [0.2, 0.25) is 0 Å². The molecular formula is C30H42O. The number of rotatable bonds is 16. The lowest BCUT2D eigenvalue weighted by atomic mass is 9.81. The van der Waals surface area contributed by atoms with Gasteiger partial charge in [-0.15, -0.1) is 13.2 Å². The zero-order valence-electron chi connectivity index (χ0n) is 19.8. The first-order chi connectivity index (χ1) is 15.1. The molecule has 2 aromatic rings. The zero-order chi connectivity index (χ0) is 22.4. The fraction of sp³-hybridized carbons (Fsp3) is 0.467. The van der Waals surface area contributed by atoms with E-state index >= 15 is 0 Å². The molecule has 1 heteroatoms. The SMILES string of the molecule is C=CCC(CCCC)(Cc1ccccc1)OC(CC=C)(CCCC)Cc1ccccc1. The predicted octanol–water partition coefficient (Wildman–Crippen LogP) is 8.50. The molecule has 168 valence electrons. The van der Waals surface area contributed by atoms with Crippen LogP contribution in [0.4, 0.5) is 0 Å². The summed E-state index contributed by atoms with van der Waals surface area (Å²) in [6.07, 6.45) is 14.4. The van der Waals surface area contributed by atoms with Crippen LogP contribution in [0.2, 0.25) is 0 Å². The molecule has 0 saturated carbocycles. The number of benzene rings is 2. The summed E-state index contributed by atoms with van der Waals surface area (Å²) in [7, 11) is 0. The molecule has 0 aliphatic heterocycles. The Kier molecular flexibility index (Phi) is 10.8. The Bertz CT molecular complexity index is 685. The standard InChI is InChI=1S/C30H42O/c1-5-9-23-29(21-7-3,25-27-17-13-11-14-18-27)31-30(22-8-4,24-10-6-2)26-28-19-15-12-16-20-28/h7-8,11-20H,3-6,9-10,21-26H2,1-2H3. The van der Waals surface area contributed by atoms with E-state index in [1.165, 1.54) is 24.0 Å². The summed E-state index contributed by atoms with van der Waals surface area (Å²) in [5.41, 5.74) is 2.18. The van der Waals surface area contributed by atoms with Gasteiger partial charge in [0, 0.05) is 12.8 Å². The topological polar surface area (TPSA) is 9.23 Å². The van der Waals surface area contributed by atoms with E-state index in [2.05, 4.69) is 99.8 Å². The summed E-state index contributed by atoms with van der Waals surface area (Å²) in [4.78, 5) is 0. The monoisotopic (exact) mass is 418 g/mol. The van der Waals surface area contributed by atoms with Crippen LogP contribution in [0.25, 0.3) is 0 Å². The van der Waals surface area contributed by atoms with Gasteiger partial charge in [-0.25, -0.2) is 0 Å². The van der Waals surface area contributed by atoms with Crippen molar-refractivity contribution in [3.05, 3.63) is 97.1 Å². The molecule has 2 unspecified atom stereocenters. The van der Waals surface area contributed by atoms with Crippen LogP contribution in [0, 0.1) is 0 Å². The van der Waals surface area contributed by atoms with Gasteiger partial charge in [-0.05, 0) is 36.8 Å². The van der Waals surface area contributed by atoms with Crippen molar-refractivity contribution in [2.24, 2.45) is 0 Å². The van der Waals surface area contributed by atoms with Crippen molar-refractivity contribution in [3.8, 4) is 0 Å². The van der Waals surface area contributed by atoms with E-state index in [-0.39, 0.29) is 11.2 Å². The molecule has 2 atom stereocenters. The zero-order valence-corrected chi connectivity index (χ0v) is 19.8. The van der Waals surface area contributed by atoms with Gasteiger partial charge in [-0.2, -0.15) is 0 Å². The first kappa shape index (κ1) is 25.1. The summed E-state index contributed by atoms with van der Waals surface area (Å²) < 4.78 is 7.38. The number of hydrogen-bond donors (Lipinski definition) is 0. The Balaban J connectivity index is 2.46. The second-order valence-electron chi connectivity index (χ2n) is 8.99. The molecule has 2 aromatic carbocycles. The average Bonchev–Trinajstić information content (AvgIpc) is 2.78. The van der Waals surface area contributed by atoms with Crippen LogP contribution < -0.4 is 0 Å². The highest BCUT2D eigenvalue weighted by Gasteiger charge is 2.40. The smallest absolute Gasteiger partial charge is 0.0764 e. The molecule has 0 amide bonds. The number of ether oxygens (including phenoxy) is 1. The molecule has 0 aliphatic rings. The van der Waals surface area contributed by atoms with E-state index in [1.54, 1.807) is 0 Å². The lowest BCUT2D eigenvalue weighted by Gasteiger charge is -2.45. The molecule has 31 heavy (non-hydrogen) atoms. The Morgan fingerprint density at radius 2 is 1.06 bits per heavy atom. The molecule has 0 aliphatic carbocycles. The minimum absolute atomic E-state index is 0.245. The Morgan fingerprint density at radius 3 is 1.39 bits per heavy atom. The summed E-state index contributed by atoms with van der Waals surface area (Å²) in [6, 6.07) is 21.6. The Labute approximate surface area is 191 Å². The van der Waals surface area contributed by atoms with Gasteiger partial charge in [-0.1, -0.05) is 112 Å². The number of hydrogen-bond acceptors (Lipinski definition) is 1. The van der Waals surface area contributed by atoms with E-state index in [9.17, 15) is 0 Å². The highest BCUT2D eigenvalue weighted by atomic mass is 16.5. The third-order valence-corrected chi connectivity index (χ3v) is 6.18. The predicted molar refractivity (Wildman–Crippen MR) is 136 cm³/mol. The van der Waals surface area contributed by atoms with Crippen LogP contribution in [0.15, 0.2) is 86.0 Å². The fourth-order valence-electron chi connectivity index (χ4n) is 4.70. The van der Waals surface area contributed by atoms with Crippen molar-refractivity contribution < 1.29 is 4.74 Å². The molecule has 0 spiro atoms. The minimum Gasteiger partial charge on any atom is -0.367 e. The summed E-state index contributed by atoms with van der Waals surface area (Å²) in [6.45, 7) is 12.8. The third-order valence-electron chi connectivity index (χ3n) is 6.18. The van der Waals surface area contributed by atoms with E-state index in [0.29, 0.717) is 0 Å². The number of unbranched alkanes of at least 4 members (excludes halogenated alkanes) is 2. The van der Waals surface area contributed by atoms with Crippen LogP contribution in [-0.2, 0) is 17.6 Å². The van der Waals surface area contributed by atoms with Gasteiger partial charge in [-0.3, -0.25) is 0 Å². The van der Waals surface area contributed by atoms with Crippen LogP contribution in [0.1, 0.15) is 76.3 Å². The van der Waals surface area contributed by atoms with Gasteiger partial charge in [0.15, 0.2) is 0 Å². The molecule has 0 saturated heterocycles. The molecular weight excluding hydrogens is 376 g/mol. The van der Waals surface area contributed by atoms with Crippen molar-refractivity contribution in [3.63, 3.8) is 0 Å². The largest absolute Gasteiger partial charge is 0.367 e. The van der Waals surface area contributed by atoms with Gasteiger partial charge < -0.3 is 4.74 Å². The molecule has 2 rings (SSSR count). The summed E-state index contributed by atoms with van der Waals surface area (Å²) in [5, 5.41) is 0. The lowest BCUT2D eigenvalue weighted by molar-refractivity contribution is -0.163. The molecule has 1 nitrogen and oxygen atoms in total. The van der Waals surface area contributed by atoms with E-state index in [4.69, 9.17) is 4.74 Å². The maximum atomic E-state index is 7.38. The van der Waals surface area contributed by atoms with Crippen molar-refractivity contribution >= 4 is 0 Å². The van der Waals surface area contributed by atoms with Crippen LogP contribution in [0.5, 0.6) is 0 Å². The van der Waals surface area contributed by atoms with Crippen LogP contribution >= 0.6 is 0 Å². The normalized spacial score (nSPS) is 15.0. The molecule has 0 aromatic heterocycles. The van der Waals surface area contributed by atoms with Crippen LogP contribution in [-0.4, -0.2) is 11.2 Å². The highest BCUT2D eigenvalue weighted by molar-refractivity contribution is 5.20. The molecule has 0 fully saturated rings. The maximum Gasteiger partial charge on any atom is 0.0764 e. The second kappa shape index (κ2) is 13.3.